The highest BCUT2D eigenvalue weighted by Gasteiger charge is 2.24. The molecule has 0 spiro atoms. The average molecular weight is 374 g/mol. The zero-order chi connectivity index (χ0) is 19.7. The number of fused-ring (bicyclic) bond motifs is 2. The molecule has 0 aromatic heterocycles. The summed E-state index contributed by atoms with van der Waals surface area (Å²) in [5, 5.41) is 5.47. The van der Waals surface area contributed by atoms with Gasteiger partial charge in [0.15, 0.2) is 0 Å². The van der Waals surface area contributed by atoms with Gasteiger partial charge in [0.1, 0.15) is 5.75 Å². The highest BCUT2D eigenvalue weighted by Crippen LogP contribution is 2.32. The second-order valence-corrected chi connectivity index (χ2v) is 7.61. The maximum atomic E-state index is 13.0. The highest BCUT2D eigenvalue weighted by atomic mass is 16.5. The first-order valence-corrected chi connectivity index (χ1v) is 9.81. The second-order valence-electron chi connectivity index (χ2n) is 7.61. The smallest absolute Gasteiger partial charge is 0.227 e. The molecule has 0 bridgehead atoms. The predicted octanol–water partition coefficient (Wildman–Crippen LogP) is 4.73. The normalized spacial score (nSPS) is 17.0. The number of anilines is 1. The minimum atomic E-state index is -0.217. The zero-order valence-electron chi connectivity index (χ0n) is 16.4. The second kappa shape index (κ2) is 7.55. The number of nitrogens with one attached hydrogen (secondary N) is 1. The molecule has 0 heterocycles. The van der Waals surface area contributed by atoms with Crippen LogP contribution < -0.4 is 15.8 Å². The number of methoxy groups -OCH3 is 1. The molecule has 0 saturated heterocycles. The van der Waals surface area contributed by atoms with Crippen molar-refractivity contribution in [2.75, 3.05) is 12.8 Å². The molecule has 4 rings (SSSR count). The summed E-state index contributed by atoms with van der Waals surface area (Å²) in [4.78, 5) is 13.0. The van der Waals surface area contributed by atoms with Gasteiger partial charge >= 0.3 is 0 Å². The average Bonchev–Trinajstić information content (AvgIpc) is 2.72. The van der Waals surface area contributed by atoms with Crippen LogP contribution in [-0.2, 0) is 11.2 Å². The molecule has 2 unspecified atom stereocenters. The largest absolute Gasteiger partial charge is 0.497 e. The van der Waals surface area contributed by atoms with E-state index in [1.54, 1.807) is 7.11 Å². The molecule has 4 nitrogen and oxygen atoms in total. The van der Waals surface area contributed by atoms with Crippen molar-refractivity contribution >= 4 is 22.4 Å². The Morgan fingerprint density at radius 3 is 2.71 bits per heavy atom. The van der Waals surface area contributed by atoms with Crippen LogP contribution in [0.1, 0.15) is 48.4 Å². The number of nitrogens with two attached hydrogens (primary N) is 1. The molecule has 4 heteroatoms. The Morgan fingerprint density at radius 1 is 1.11 bits per heavy atom. The minimum absolute atomic E-state index is 0.0579. The summed E-state index contributed by atoms with van der Waals surface area (Å²) in [6.45, 7) is 1.97. The summed E-state index contributed by atoms with van der Waals surface area (Å²) < 4.78 is 5.29. The van der Waals surface area contributed by atoms with Crippen LogP contribution >= 0.6 is 0 Å². The quantitative estimate of drug-likeness (QED) is 0.649. The standard InChI is InChI=1S/C24H26N2O2/c1-15(16-6-7-18-14-21(28-2)10-8-17(18)12-16)24(27)26-23-5-3-4-19-13-20(25)9-11-22(19)23/h6-15,23H,3-5,25H2,1-2H3,(H,26,27). The number of benzene rings is 3. The van der Waals surface area contributed by atoms with Gasteiger partial charge in [0, 0.05) is 5.69 Å². The van der Waals surface area contributed by atoms with Gasteiger partial charge in [-0.3, -0.25) is 4.79 Å². The van der Waals surface area contributed by atoms with Crippen LogP contribution in [0.4, 0.5) is 5.69 Å². The van der Waals surface area contributed by atoms with Gasteiger partial charge in [-0.2, -0.15) is 0 Å². The van der Waals surface area contributed by atoms with Crippen molar-refractivity contribution in [2.45, 2.75) is 38.1 Å². The number of carbonyl (C=O) groups excluding carboxylic acids is 1. The van der Waals surface area contributed by atoms with E-state index in [9.17, 15) is 4.79 Å². The van der Waals surface area contributed by atoms with Crippen molar-refractivity contribution in [1.82, 2.24) is 5.32 Å². The van der Waals surface area contributed by atoms with Crippen molar-refractivity contribution in [3.8, 4) is 5.75 Å². The van der Waals surface area contributed by atoms with E-state index in [0.29, 0.717) is 0 Å². The zero-order valence-corrected chi connectivity index (χ0v) is 16.4. The van der Waals surface area contributed by atoms with E-state index in [2.05, 4.69) is 23.5 Å². The fourth-order valence-electron chi connectivity index (χ4n) is 4.07. The Labute approximate surface area is 165 Å². The van der Waals surface area contributed by atoms with Gasteiger partial charge < -0.3 is 15.8 Å². The molecule has 2 atom stereocenters. The van der Waals surface area contributed by atoms with Crippen molar-refractivity contribution in [1.29, 1.82) is 0 Å². The Balaban J connectivity index is 1.53. The summed E-state index contributed by atoms with van der Waals surface area (Å²) in [6, 6.07) is 18.2. The van der Waals surface area contributed by atoms with Crippen molar-refractivity contribution in [3.05, 3.63) is 71.3 Å². The third kappa shape index (κ3) is 3.55. The maximum Gasteiger partial charge on any atom is 0.227 e. The summed E-state index contributed by atoms with van der Waals surface area (Å²) >= 11 is 0. The van der Waals surface area contributed by atoms with Crippen molar-refractivity contribution in [3.63, 3.8) is 0 Å². The molecule has 3 aromatic carbocycles. The van der Waals surface area contributed by atoms with Gasteiger partial charge in [0.25, 0.3) is 0 Å². The maximum absolute atomic E-state index is 13.0. The van der Waals surface area contributed by atoms with E-state index >= 15 is 0 Å². The number of amides is 1. The van der Waals surface area contributed by atoms with Gasteiger partial charge in [-0.05, 0) is 77.9 Å². The molecule has 1 amide bonds. The lowest BCUT2D eigenvalue weighted by Gasteiger charge is -2.28. The van der Waals surface area contributed by atoms with Crippen molar-refractivity contribution in [2.24, 2.45) is 0 Å². The Hall–Kier alpha value is -3.01. The summed E-state index contributed by atoms with van der Waals surface area (Å²) in [6.07, 6.45) is 3.05. The van der Waals surface area contributed by atoms with E-state index in [-0.39, 0.29) is 17.9 Å². The monoisotopic (exact) mass is 374 g/mol. The number of hydrogen-bond donors (Lipinski definition) is 2. The summed E-state index contributed by atoms with van der Waals surface area (Å²) in [5.74, 6) is 0.677. The number of rotatable bonds is 4. The van der Waals surface area contributed by atoms with E-state index in [4.69, 9.17) is 10.5 Å². The topological polar surface area (TPSA) is 64.3 Å². The van der Waals surface area contributed by atoms with Crippen molar-refractivity contribution < 1.29 is 9.53 Å². The lowest BCUT2D eigenvalue weighted by molar-refractivity contribution is -0.123. The van der Waals surface area contributed by atoms with E-state index < -0.39 is 0 Å². The van der Waals surface area contributed by atoms with Crippen LogP contribution in [0, 0.1) is 0 Å². The summed E-state index contributed by atoms with van der Waals surface area (Å²) in [7, 11) is 1.67. The molecule has 0 fully saturated rings. The van der Waals surface area contributed by atoms with Crippen LogP contribution in [0.15, 0.2) is 54.6 Å². The van der Waals surface area contributed by atoms with Crippen LogP contribution in [0.25, 0.3) is 10.8 Å². The first-order chi connectivity index (χ1) is 13.5. The molecule has 3 N–H and O–H groups in total. The van der Waals surface area contributed by atoms with E-state index in [0.717, 1.165) is 47.0 Å². The molecule has 28 heavy (non-hydrogen) atoms. The Bertz CT molecular complexity index is 1030. The molecular formula is C24H26N2O2. The number of hydrogen-bond acceptors (Lipinski definition) is 3. The number of ether oxygens (including phenoxy) is 1. The molecular weight excluding hydrogens is 348 g/mol. The van der Waals surface area contributed by atoms with Gasteiger partial charge in [-0.15, -0.1) is 0 Å². The predicted molar refractivity (Wildman–Crippen MR) is 114 cm³/mol. The minimum Gasteiger partial charge on any atom is -0.497 e. The molecule has 3 aromatic rings. The molecule has 144 valence electrons. The lowest BCUT2D eigenvalue weighted by Crippen LogP contribution is -2.33. The van der Waals surface area contributed by atoms with Gasteiger partial charge in [-0.1, -0.05) is 30.3 Å². The summed E-state index contributed by atoms with van der Waals surface area (Å²) in [5.41, 5.74) is 10.2. The number of nitrogen functional groups attached to an aromatic ring is 1. The van der Waals surface area contributed by atoms with Crippen LogP contribution in [0.3, 0.4) is 0 Å². The van der Waals surface area contributed by atoms with Gasteiger partial charge in [0.05, 0.1) is 19.1 Å². The molecule has 0 aliphatic heterocycles. The molecule has 0 radical (unpaired) electrons. The fraction of sp³-hybridized carbons (Fsp3) is 0.292. The third-order valence-corrected chi connectivity index (χ3v) is 5.76. The number of aryl methyl sites for hydroxylation is 1. The third-order valence-electron chi connectivity index (χ3n) is 5.76. The molecule has 1 aliphatic carbocycles. The van der Waals surface area contributed by atoms with Crippen LogP contribution in [0.2, 0.25) is 0 Å². The Kier molecular flexibility index (Phi) is 4.95. The fourth-order valence-corrected chi connectivity index (χ4v) is 4.07. The Morgan fingerprint density at radius 2 is 1.89 bits per heavy atom. The van der Waals surface area contributed by atoms with Gasteiger partial charge in [-0.25, -0.2) is 0 Å². The molecule has 0 saturated carbocycles. The SMILES string of the molecule is COc1ccc2cc(C(C)C(=O)NC3CCCc4cc(N)ccc43)ccc2c1. The highest BCUT2D eigenvalue weighted by molar-refractivity contribution is 5.88. The van der Waals surface area contributed by atoms with E-state index in [1.165, 1.54) is 11.1 Å². The van der Waals surface area contributed by atoms with Crippen LogP contribution in [-0.4, -0.2) is 13.0 Å². The lowest BCUT2D eigenvalue weighted by atomic mass is 9.86. The number of carbonyl (C=O) groups is 1. The van der Waals surface area contributed by atoms with Crippen LogP contribution in [0.5, 0.6) is 5.75 Å². The first kappa shape index (κ1) is 18.4. The molecule has 1 aliphatic rings. The van der Waals surface area contributed by atoms with Gasteiger partial charge in [0.2, 0.25) is 5.91 Å². The van der Waals surface area contributed by atoms with E-state index in [1.807, 2.05) is 43.3 Å². The first-order valence-electron chi connectivity index (χ1n) is 9.81.